The van der Waals surface area contributed by atoms with E-state index in [1.165, 1.54) is 11.3 Å². The van der Waals surface area contributed by atoms with Gasteiger partial charge in [-0.25, -0.2) is 4.98 Å². The van der Waals surface area contributed by atoms with Crippen LogP contribution in [-0.4, -0.2) is 11.6 Å². The molecule has 0 aliphatic heterocycles. The minimum absolute atomic E-state index is 0.601. The highest BCUT2D eigenvalue weighted by Crippen LogP contribution is 2.26. The molecule has 0 atom stereocenters. The van der Waals surface area contributed by atoms with Crippen molar-refractivity contribution in [2.24, 2.45) is 0 Å². The lowest BCUT2D eigenvalue weighted by Crippen LogP contribution is -1.90. The molecule has 13 heavy (non-hydrogen) atoms. The average Bonchev–Trinajstić information content (AvgIpc) is 2.44. The largest absolute Gasteiger partial charge is 0.494 e. The van der Waals surface area contributed by atoms with Gasteiger partial charge in [-0.05, 0) is 19.1 Å². The average molecular weight is 194 g/mol. The van der Waals surface area contributed by atoms with Gasteiger partial charge in [0.1, 0.15) is 5.75 Å². The zero-order valence-electron chi connectivity index (χ0n) is 7.28. The Hall–Kier alpha value is -1.29. The third-order valence-corrected chi connectivity index (χ3v) is 2.55. The number of nitrogens with two attached hydrogens (primary N) is 1. The molecule has 1 aromatic heterocycles. The first-order valence-corrected chi connectivity index (χ1v) is 4.90. The maximum absolute atomic E-state index is 5.58. The fraction of sp³-hybridized carbons (Fsp3) is 0.222. The monoisotopic (exact) mass is 194 g/mol. The van der Waals surface area contributed by atoms with E-state index < -0.39 is 0 Å². The summed E-state index contributed by atoms with van der Waals surface area (Å²) in [5.74, 6) is 0.848. The maximum atomic E-state index is 5.58. The maximum Gasteiger partial charge on any atom is 0.181 e. The number of fused-ring (bicyclic) bond motifs is 1. The van der Waals surface area contributed by atoms with Gasteiger partial charge in [-0.3, -0.25) is 0 Å². The second-order valence-corrected chi connectivity index (χ2v) is 3.68. The van der Waals surface area contributed by atoms with Crippen LogP contribution in [-0.2, 0) is 0 Å². The van der Waals surface area contributed by atoms with Gasteiger partial charge in [0.15, 0.2) is 5.13 Å². The molecule has 4 heteroatoms. The van der Waals surface area contributed by atoms with Gasteiger partial charge in [0.25, 0.3) is 0 Å². The molecule has 0 aliphatic carbocycles. The van der Waals surface area contributed by atoms with Crippen molar-refractivity contribution in [3.63, 3.8) is 0 Å². The Balaban J connectivity index is 2.48. The summed E-state index contributed by atoms with van der Waals surface area (Å²) in [6, 6.07) is 5.82. The summed E-state index contributed by atoms with van der Waals surface area (Å²) in [6.07, 6.45) is 0. The Morgan fingerprint density at radius 3 is 3.15 bits per heavy atom. The lowest BCUT2D eigenvalue weighted by Gasteiger charge is -2.00. The second kappa shape index (κ2) is 3.22. The van der Waals surface area contributed by atoms with E-state index in [0.717, 1.165) is 16.0 Å². The molecular weight excluding hydrogens is 184 g/mol. The summed E-state index contributed by atoms with van der Waals surface area (Å²) in [5.41, 5.74) is 6.49. The highest BCUT2D eigenvalue weighted by atomic mass is 32.1. The third kappa shape index (κ3) is 1.58. The van der Waals surface area contributed by atoms with Gasteiger partial charge in [0.05, 0.1) is 16.8 Å². The number of thiazole rings is 1. The molecule has 0 fully saturated rings. The van der Waals surface area contributed by atoms with Crippen molar-refractivity contribution in [2.45, 2.75) is 6.92 Å². The molecule has 0 amide bonds. The van der Waals surface area contributed by atoms with Crippen LogP contribution in [0, 0.1) is 0 Å². The van der Waals surface area contributed by atoms with Crippen LogP contribution in [0.25, 0.3) is 10.2 Å². The Morgan fingerprint density at radius 2 is 2.38 bits per heavy atom. The molecule has 0 saturated heterocycles. The molecule has 0 unspecified atom stereocenters. The van der Waals surface area contributed by atoms with Gasteiger partial charge in [-0.2, -0.15) is 0 Å². The number of ether oxygens (including phenoxy) is 1. The summed E-state index contributed by atoms with van der Waals surface area (Å²) in [7, 11) is 0. The van der Waals surface area contributed by atoms with Crippen molar-refractivity contribution < 1.29 is 4.74 Å². The molecule has 2 N–H and O–H groups in total. The molecular formula is C9H10N2OS. The van der Waals surface area contributed by atoms with Gasteiger partial charge < -0.3 is 10.5 Å². The van der Waals surface area contributed by atoms with Crippen LogP contribution in [0.4, 0.5) is 5.13 Å². The predicted molar refractivity (Wildman–Crippen MR) is 55.2 cm³/mol. The van der Waals surface area contributed by atoms with E-state index in [1.807, 2.05) is 25.1 Å². The van der Waals surface area contributed by atoms with Crippen molar-refractivity contribution in [1.82, 2.24) is 4.98 Å². The summed E-state index contributed by atoms with van der Waals surface area (Å²) in [5, 5.41) is 0.601. The molecule has 2 rings (SSSR count). The second-order valence-electron chi connectivity index (χ2n) is 2.61. The minimum atomic E-state index is 0.601. The summed E-state index contributed by atoms with van der Waals surface area (Å²) >= 11 is 1.49. The lowest BCUT2D eigenvalue weighted by atomic mass is 10.3. The smallest absolute Gasteiger partial charge is 0.181 e. The summed E-state index contributed by atoms with van der Waals surface area (Å²) < 4.78 is 6.45. The van der Waals surface area contributed by atoms with E-state index >= 15 is 0 Å². The van der Waals surface area contributed by atoms with Crippen molar-refractivity contribution in [3.8, 4) is 5.75 Å². The van der Waals surface area contributed by atoms with Crippen LogP contribution in [0.5, 0.6) is 5.75 Å². The summed E-state index contributed by atoms with van der Waals surface area (Å²) in [6.45, 7) is 2.63. The fourth-order valence-electron chi connectivity index (χ4n) is 1.18. The molecule has 0 bridgehead atoms. The molecule has 1 heterocycles. The van der Waals surface area contributed by atoms with Crippen LogP contribution in [0.15, 0.2) is 18.2 Å². The van der Waals surface area contributed by atoms with Gasteiger partial charge in [-0.15, -0.1) is 0 Å². The van der Waals surface area contributed by atoms with Crippen molar-refractivity contribution in [1.29, 1.82) is 0 Å². The number of aromatic nitrogens is 1. The molecule has 0 aliphatic rings. The summed E-state index contributed by atoms with van der Waals surface area (Å²) in [4.78, 5) is 4.17. The number of anilines is 1. The van der Waals surface area contributed by atoms with Gasteiger partial charge in [-0.1, -0.05) is 11.3 Å². The Bertz CT molecular complexity index is 424. The number of nitrogens with zero attached hydrogens (tertiary/aromatic N) is 1. The molecule has 0 spiro atoms. The molecule has 68 valence electrons. The molecule has 0 saturated carbocycles. The number of nitrogen functional groups attached to an aromatic ring is 1. The van der Waals surface area contributed by atoms with Crippen LogP contribution >= 0.6 is 11.3 Å². The molecule has 0 radical (unpaired) electrons. The zero-order valence-corrected chi connectivity index (χ0v) is 8.10. The predicted octanol–water partition coefficient (Wildman–Crippen LogP) is 2.28. The van der Waals surface area contributed by atoms with E-state index in [1.54, 1.807) is 0 Å². The Morgan fingerprint density at radius 1 is 1.54 bits per heavy atom. The lowest BCUT2D eigenvalue weighted by molar-refractivity contribution is 0.340. The van der Waals surface area contributed by atoms with Gasteiger partial charge >= 0.3 is 0 Å². The molecule has 2 aromatic rings. The quantitative estimate of drug-likeness (QED) is 0.797. The number of hydrogen-bond acceptors (Lipinski definition) is 4. The van der Waals surface area contributed by atoms with Crippen LogP contribution in [0.3, 0.4) is 0 Å². The highest BCUT2D eigenvalue weighted by Gasteiger charge is 2.01. The first-order valence-electron chi connectivity index (χ1n) is 4.08. The molecule has 1 aromatic carbocycles. The van der Waals surface area contributed by atoms with Crippen molar-refractivity contribution in [3.05, 3.63) is 18.2 Å². The van der Waals surface area contributed by atoms with Crippen LogP contribution in [0.2, 0.25) is 0 Å². The van der Waals surface area contributed by atoms with Crippen LogP contribution < -0.4 is 10.5 Å². The highest BCUT2D eigenvalue weighted by molar-refractivity contribution is 7.22. The zero-order chi connectivity index (χ0) is 9.26. The number of hydrogen-bond donors (Lipinski definition) is 1. The molecule has 3 nitrogen and oxygen atoms in total. The topological polar surface area (TPSA) is 48.1 Å². The van der Waals surface area contributed by atoms with E-state index in [2.05, 4.69) is 4.98 Å². The standard InChI is InChI=1S/C9H10N2OS/c1-2-12-6-3-4-8-7(5-6)11-9(10)13-8/h3-5H,2H2,1H3,(H2,10,11). The minimum Gasteiger partial charge on any atom is -0.494 e. The van der Waals surface area contributed by atoms with Crippen molar-refractivity contribution >= 4 is 26.7 Å². The van der Waals surface area contributed by atoms with E-state index in [0.29, 0.717) is 11.7 Å². The Kier molecular flexibility index (Phi) is 2.06. The number of rotatable bonds is 2. The van der Waals surface area contributed by atoms with Gasteiger partial charge in [0.2, 0.25) is 0 Å². The van der Waals surface area contributed by atoms with E-state index in [4.69, 9.17) is 10.5 Å². The fourth-order valence-corrected chi connectivity index (χ4v) is 1.90. The first kappa shape index (κ1) is 8.31. The van der Waals surface area contributed by atoms with E-state index in [9.17, 15) is 0 Å². The SMILES string of the molecule is CCOc1ccc2sc(N)nc2c1. The first-order chi connectivity index (χ1) is 6.29. The Labute approximate surface area is 80.2 Å². The van der Waals surface area contributed by atoms with Gasteiger partial charge in [0, 0.05) is 6.07 Å². The normalized spacial score (nSPS) is 10.5. The van der Waals surface area contributed by atoms with Crippen LogP contribution in [0.1, 0.15) is 6.92 Å². The third-order valence-electron chi connectivity index (χ3n) is 1.69. The van der Waals surface area contributed by atoms with E-state index in [-0.39, 0.29) is 0 Å². The van der Waals surface area contributed by atoms with Crippen molar-refractivity contribution in [2.75, 3.05) is 12.3 Å². The number of benzene rings is 1.